The van der Waals surface area contributed by atoms with E-state index >= 15 is 0 Å². The Kier molecular flexibility index (Phi) is 2.74. The van der Waals surface area contributed by atoms with Crippen molar-refractivity contribution in [2.45, 2.75) is 25.3 Å². The van der Waals surface area contributed by atoms with Crippen LogP contribution in [0, 0.1) is 0 Å². The maximum absolute atomic E-state index is 10.4. The summed E-state index contributed by atoms with van der Waals surface area (Å²) in [6, 6.07) is -0.195. The zero-order valence-corrected chi connectivity index (χ0v) is 6.18. The van der Waals surface area contributed by atoms with Crippen LogP contribution >= 0.6 is 0 Å². The number of carbonyl (C=O) groups excluding carboxylic acids is 1. The van der Waals surface area contributed by atoms with E-state index in [0.29, 0.717) is 6.54 Å². The highest BCUT2D eigenvalue weighted by atomic mass is 16.1. The van der Waals surface area contributed by atoms with Gasteiger partial charge >= 0.3 is 0 Å². The SMILES string of the molecule is [N-]=[N+]=NN1CCCCC1C=O. The van der Waals surface area contributed by atoms with Crippen molar-refractivity contribution in [3.8, 4) is 0 Å². The number of hydrogen-bond acceptors (Lipinski definition) is 2. The van der Waals surface area contributed by atoms with Crippen molar-refractivity contribution < 1.29 is 4.79 Å². The molecule has 0 saturated carbocycles. The molecular weight excluding hydrogens is 144 g/mol. The van der Waals surface area contributed by atoms with Gasteiger partial charge in [0.05, 0.1) is 6.54 Å². The fourth-order valence-electron chi connectivity index (χ4n) is 1.24. The van der Waals surface area contributed by atoms with E-state index in [0.717, 1.165) is 25.5 Å². The van der Waals surface area contributed by atoms with Gasteiger partial charge in [-0.2, -0.15) is 4.91 Å². The van der Waals surface area contributed by atoms with Gasteiger partial charge in [0.2, 0.25) is 0 Å². The van der Waals surface area contributed by atoms with Crippen LogP contribution < -0.4 is 0 Å². The van der Waals surface area contributed by atoms with E-state index in [1.54, 1.807) is 0 Å². The van der Waals surface area contributed by atoms with Gasteiger partial charge in [-0.3, -0.25) is 4.79 Å². The number of hydrogen-bond donors (Lipinski definition) is 0. The van der Waals surface area contributed by atoms with E-state index in [1.165, 1.54) is 5.01 Å². The Morgan fingerprint density at radius 3 is 3.09 bits per heavy atom. The van der Waals surface area contributed by atoms with Crippen molar-refractivity contribution in [1.29, 1.82) is 0 Å². The summed E-state index contributed by atoms with van der Waals surface area (Å²) in [6.45, 7) is 0.702. The quantitative estimate of drug-likeness (QED) is 0.260. The number of azide groups is 1. The van der Waals surface area contributed by atoms with Crippen molar-refractivity contribution in [3.05, 3.63) is 10.4 Å². The lowest BCUT2D eigenvalue weighted by Gasteiger charge is -2.24. The summed E-state index contributed by atoms with van der Waals surface area (Å²) < 4.78 is 0. The van der Waals surface area contributed by atoms with Crippen LogP contribution in [-0.2, 0) is 4.79 Å². The smallest absolute Gasteiger partial charge is 0.164 e. The number of nitrogens with zero attached hydrogens (tertiary/aromatic N) is 4. The summed E-state index contributed by atoms with van der Waals surface area (Å²) in [5.74, 6) is 0. The molecule has 1 aliphatic rings. The molecule has 0 aromatic rings. The largest absolute Gasteiger partial charge is 0.299 e. The van der Waals surface area contributed by atoms with E-state index in [4.69, 9.17) is 5.53 Å². The Balaban J connectivity index is 2.57. The highest BCUT2D eigenvalue weighted by Gasteiger charge is 2.23. The van der Waals surface area contributed by atoms with Crippen LogP contribution in [0.1, 0.15) is 19.3 Å². The summed E-state index contributed by atoms with van der Waals surface area (Å²) in [5, 5.41) is 4.93. The van der Waals surface area contributed by atoms with Crippen molar-refractivity contribution in [2.75, 3.05) is 6.54 Å². The normalized spacial score (nSPS) is 24.0. The molecule has 5 heteroatoms. The third-order valence-corrected chi connectivity index (χ3v) is 1.83. The third-order valence-electron chi connectivity index (χ3n) is 1.83. The lowest BCUT2D eigenvalue weighted by Crippen LogP contribution is -2.35. The first kappa shape index (κ1) is 7.88. The first-order valence-electron chi connectivity index (χ1n) is 3.65. The first-order valence-corrected chi connectivity index (χ1v) is 3.65. The number of piperidine rings is 1. The molecule has 1 fully saturated rings. The van der Waals surface area contributed by atoms with E-state index in [1.807, 2.05) is 0 Å². The van der Waals surface area contributed by atoms with Crippen molar-refractivity contribution in [1.82, 2.24) is 5.01 Å². The van der Waals surface area contributed by atoms with Gasteiger partial charge < -0.3 is 0 Å². The third kappa shape index (κ3) is 1.85. The number of aldehydes is 1. The van der Waals surface area contributed by atoms with Gasteiger partial charge in [-0.25, -0.2) is 5.01 Å². The average Bonchev–Trinajstić information content (AvgIpc) is 2.06. The Morgan fingerprint density at radius 1 is 1.64 bits per heavy atom. The topological polar surface area (TPSA) is 69.1 Å². The van der Waals surface area contributed by atoms with Crippen molar-refractivity contribution in [3.63, 3.8) is 0 Å². The zero-order chi connectivity index (χ0) is 8.10. The van der Waals surface area contributed by atoms with Crippen LogP contribution in [0.4, 0.5) is 0 Å². The second kappa shape index (κ2) is 3.83. The molecule has 0 spiro atoms. The molecule has 1 aliphatic heterocycles. The molecular formula is C6H10N4O. The molecule has 1 rings (SSSR count). The predicted octanol–water partition coefficient (Wildman–Crippen LogP) is 1.27. The van der Waals surface area contributed by atoms with Crippen LogP contribution in [0.5, 0.6) is 0 Å². The van der Waals surface area contributed by atoms with E-state index in [2.05, 4.69) is 10.1 Å². The second-order valence-corrected chi connectivity index (χ2v) is 2.54. The number of rotatable bonds is 2. The monoisotopic (exact) mass is 154 g/mol. The van der Waals surface area contributed by atoms with Gasteiger partial charge in [0.1, 0.15) is 0 Å². The molecule has 0 amide bonds. The van der Waals surface area contributed by atoms with Gasteiger partial charge in [-0.15, -0.1) is 5.53 Å². The van der Waals surface area contributed by atoms with Gasteiger partial charge in [0.25, 0.3) is 0 Å². The molecule has 1 atom stereocenters. The molecule has 0 bridgehead atoms. The van der Waals surface area contributed by atoms with Gasteiger partial charge in [-0.1, -0.05) is 0 Å². The van der Waals surface area contributed by atoms with Crippen LogP contribution in [0.25, 0.3) is 10.4 Å². The summed E-state index contributed by atoms with van der Waals surface area (Å²) in [7, 11) is 0. The minimum atomic E-state index is -0.195. The summed E-state index contributed by atoms with van der Waals surface area (Å²) in [4.78, 5) is 13.1. The van der Waals surface area contributed by atoms with Crippen LogP contribution in [-0.4, -0.2) is 23.9 Å². The van der Waals surface area contributed by atoms with E-state index < -0.39 is 0 Å². The summed E-state index contributed by atoms with van der Waals surface area (Å²) in [6.07, 6.45) is 3.70. The maximum atomic E-state index is 10.4. The molecule has 0 N–H and O–H groups in total. The molecule has 11 heavy (non-hydrogen) atoms. The molecule has 0 radical (unpaired) electrons. The second-order valence-electron chi connectivity index (χ2n) is 2.54. The Hall–Kier alpha value is -1.22. The molecule has 60 valence electrons. The Bertz CT molecular complexity index is 187. The molecule has 0 aliphatic carbocycles. The molecule has 1 heterocycles. The molecule has 5 nitrogen and oxygen atoms in total. The first-order chi connectivity index (χ1) is 5.38. The molecule has 1 saturated heterocycles. The minimum absolute atomic E-state index is 0.195. The van der Waals surface area contributed by atoms with Gasteiger partial charge in [-0.05, 0) is 24.5 Å². The predicted molar refractivity (Wildman–Crippen MR) is 39.6 cm³/mol. The highest BCUT2D eigenvalue weighted by molar-refractivity contribution is 5.57. The van der Waals surface area contributed by atoms with Gasteiger partial charge in [0, 0.05) is 0 Å². The van der Waals surface area contributed by atoms with E-state index in [9.17, 15) is 4.79 Å². The molecule has 1 unspecified atom stereocenters. The number of carbonyl (C=O) groups is 1. The van der Waals surface area contributed by atoms with Crippen LogP contribution in [0.2, 0.25) is 0 Å². The molecule has 0 aromatic heterocycles. The lowest BCUT2D eigenvalue weighted by atomic mass is 10.1. The summed E-state index contributed by atoms with van der Waals surface area (Å²) in [5.41, 5.74) is 8.13. The summed E-state index contributed by atoms with van der Waals surface area (Å²) >= 11 is 0. The average molecular weight is 154 g/mol. The maximum Gasteiger partial charge on any atom is 0.164 e. The minimum Gasteiger partial charge on any atom is -0.299 e. The highest BCUT2D eigenvalue weighted by Crippen LogP contribution is 2.15. The van der Waals surface area contributed by atoms with Gasteiger partial charge in [0.15, 0.2) is 12.3 Å². The van der Waals surface area contributed by atoms with Crippen LogP contribution in [0.3, 0.4) is 0 Å². The Labute approximate surface area is 64.6 Å². The lowest BCUT2D eigenvalue weighted by molar-refractivity contribution is -0.113. The molecule has 0 aromatic carbocycles. The van der Waals surface area contributed by atoms with Crippen LogP contribution in [0.15, 0.2) is 5.22 Å². The fourth-order valence-corrected chi connectivity index (χ4v) is 1.24. The standard InChI is InChI=1S/C6H10N4O/c7-8-9-10-4-2-1-3-6(10)5-11/h5-6H,1-4H2. The van der Waals surface area contributed by atoms with Crippen molar-refractivity contribution in [2.24, 2.45) is 5.22 Å². The van der Waals surface area contributed by atoms with E-state index in [-0.39, 0.29) is 6.04 Å². The fraction of sp³-hybridized carbons (Fsp3) is 0.833. The van der Waals surface area contributed by atoms with Crippen molar-refractivity contribution >= 4 is 6.29 Å². The Morgan fingerprint density at radius 2 is 2.45 bits per heavy atom. The zero-order valence-electron chi connectivity index (χ0n) is 6.18.